The summed E-state index contributed by atoms with van der Waals surface area (Å²) in [7, 11) is 1.22. The second-order valence-electron chi connectivity index (χ2n) is 7.68. The summed E-state index contributed by atoms with van der Waals surface area (Å²) in [4.78, 5) is 0. The molecule has 0 nitrogen and oxygen atoms in total. The maximum Gasteiger partial charge on any atom is -0.0184 e. The molecule has 0 N–H and O–H groups in total. The van der Waals surface area contributed by atoms with Crippen LogP contribution in [0.25, 0.3) is 11.1 Å². The van der Waals surface area contributed by atoms with Gasteiger partial charge in [-0.05, 0) is 35.3 Å². The molecule has 0 aliphatic rings. The smallest absolute Gasteiger partial charge is 0.0184 e. The van der Waals surface area contributed by atoms with E-state index in [2.05, 4.69) is 76.2 Å². The summed E-state index contributed by atoms with van der Waals surface area (Å²) in [5.41, 5.74) is 2.55. The monoisotopic (exact) mass is 384 g/mol. The van der Waals surface area contributed by atoms with Gasteiger partial charge in [-0.2, -0.15) is 0 Å². The van der Waals surface area contributed by atoms with Gasteiger partial charge in [0.2, 0.25) is 0 Å². The second-order valence-corrected chi connectivity index (χ2v) is 9.09. The van der Waals surface area contributed by atoms with Gasteiger partial charge in [-0.1, -0.05) is 127 Å². The van der Waals surface area contributed by atoms with Gasteiger partial charge >= 0.3 is 0 Å². The van der Waals surface area contributed by atoms with Crippen molar-refractivity contribution < 1.29 is 0 Å². The average Bonchev–Trinajstić information content (AvgIpc) is 2.73. The van der Waals surface area contributed by atoms with E-state index in [9.17, 15) is 0 Å². The molecule has 0 bridgehead atoms. The van der Waals surface area contributed by atoms with Gasteiger partial charge in [0.05, 0.1) is 0 Å². The molecule has 2 aromatic carbocycles. The van der Waals surface area contributed by atoms with Crippen molar-refractivity contribution >= 4 is 8.58 Å². The lowest BCUT2D eigenvalue weighted by atomic mass is 9.92. The summed E-state index contributed by atoms with van der Waals surface area (Å²) in [6, 6.07) is 20.8. The Labute approximate surface area is 171 Å². The van der Waals surface area contributed by atoms with E-state index in [0.717, 1.165) is 11.8 Å². The molecule has 0 amide bonds. The first-order chi connectivity index (χ1) is 13.2. The standard InChI is InChI=1S/C14H31P.C12H10/c1-5-8-14(7-3)10-9-13(4)12-15-11-6-2;1-3-7-11(8-4-1)12-9-5-2-6-10-12/h13-15H,5-12H2,1-4H3;1-10H. The molecule has 1 heteroatoms. The molecule has 0 radical (unpaired) electrons. The highest BCUT2D eigenvalue weighted by molar-refractivity contribution is 7.37. The van der Waals surface area contributed by atoms with Gasteiger partial charge in [0, 0.05) is 0 Å². The Bertz CT molecular complexity index is 511. The largest absolute Gasteiger partial charge is 0.122 e. The molecule has 0 aromatic heterocycles. The van der Waals surface area contributed by atoms with Crippen LogP contribution in [0, 0.1) is 11.8 Å². The molecule has 0 saturated heterocycles. The molecule has 2 rings (SSSR count). The number of benzene rings is 2. The first-order valence-electron chi connectivity index (χ1n) is 11.0. The van der Waals surface area contributed by atoms with Crippen molar-refractivity contribution in [1.29, 1.82) is 0 Å². The molecule has 27 heavy (non-hydrogen) atoms. The van der Waals surface area contributed by atoms with E-state index in [0.29, 0.717) is 0 Å². The zero-order valence-electron chi connectivity index (χ0n) is 18.1. The van der Waals surface area contributed by atoms with Crippen molar-refractivity contribution in [2.24, 2.45) is 11.8 Å². The van der Waals surface area contributed by atoms with E-state index in [1.807, 2.05) is 12.1 Å². The predicted molar refractivity (Wildman–Crippen MR) is 127 cm³/mol. The molecule has 0 spiro atoms. The third-order valence-corrected chi connectivity index (χ3v) is 6.98. The third kappa shape index (κ3) is 11.3. The van der Waals surface area contributed by atoms with Crippen LogP contribution >= 0.6 is 8.58 Å². The van der Waals surface area contributed by atoms with E-state index in [1.165, 1.54) is 70.6 Å². The lowest BCUT2D eigenvalue weighted by Crippen LogP contribution is -2.04. The van der Waals surface area contributed by atoms with Crippen molar-refractivity contribution in [2.45, 2.75) is 66.2 Å². The number of hydrogen-bond acceptors (Lipinski definition) is 0. The lowest BCUT2D eigenvalue weighted by molar-refractivity contribution is 0.389. The highest BCUT2D eigenvalue weighted by atomic mass is 31.1. The van der Waals surface area contributed by atoms with Crippen LogP contribution in [0.4, 0.5) is 0 Å². The Kier molecular flexibility index (Phi) is 14.1. The number of hydrogen-bond donors (Lipinski definition) is 0. The van der Waals surface area contributed by atoms with Crippen molar-refractivity contribution in [3.8, 4) is 11.1 Å². The molecule has 0 heterocycles. The molecule has 2 aromatic rings. The van der Waals surface area contributed by atoms with Gasteiger partial charge in [0.15, 0.2) is 0 Å². The summed E-state index contributed by atoms with van der Waals surface area (Å²) in [6.45, 7) is 9.41. The van der Waals surface area contributed by atoms with Crippen LogP contribution in [-0.4, -0.2) is 12.3 Å². The molecule has 150 valence electrons. The Morgan fingerprint density at radius 3 is 1.70 bits per heavy atom. The Balaban J connectivity index is 0.000000274. The molecule has 3 atom stereocenters. The molecular formula is C26H41P. The average molecular weight is 385 g/mol. The minimum absolute atomic E-state index is 0.973. The van der Waals surface area contributed by atoms with Crippen molar-refractivity contribution in [3.63, 3.8) is 0 Å². The minimum atomic E-state index is 0.973. The van der Waals surface area contributed by atoms with E-state index in [-0.39, 0.29) is 0 Å². The topological polar surface area (TPSA) is 0 Å². The van der Waals surface area contributed by atoms with Gasteiger partial charge in [0.25, 0.3) is 0 Å². The summed E-state index contributed by atoms with van der Waals surface area (Å²) >= 11 is 0. The molecule has 3 unspecified atom stereocenters. The van der Waals surface area contributed by atoms with E-state index in [1.54, 1.807) is 0 Å². The SMILES string of the molecule is CCCPCC(C)CCC(CC)CCC.c1ccc(-c2ccccc2)cc1. The molecular weight excluding hydrogens is 343 g/mol. The Hall–Kier alpha value is -1.13. The van der Waals surface area contributed by atoms with Gasteiger partial charge in [-0.25, -0.2) is 0 Å². The minimum Gasteiger partial charge on any atom is -0.122 e. The molecule has 0 aliphatic heterocycles. The normalized spacial score (nSPS) is 13.2. The highest BCUT2D eigenvalue weighted by Crippen LogP contribution is 2.24. The van der Waals surface area contributed by atoms with Crippen LogP contribution in [0.3, 0.4) is 0 Å². The van der Waals surface area contributed by atoms with Crippen LogP contribution in [-0.2, 0) is 0 Å². The molecule has 0 aliphatic carbocycles. The van der Waals surface area contributed by atoms with E-state index >= 15 is 0 Å². The van der Waals surface area contributed by atoms with E-state index in [4.69, 9.17) is 0 Å². The fourth-order valence-corrected chi connectivity index (χ4v) is 4.62. The van der Waals surface area contributed by atoms with Crippen LogP contribution in [0.15, 0.2) is 60.7 Å². The zero-order valence-corrected chi connectivity index (χ0v) is 19.1. The van der Waals surface area contributed by atoms with Gasteiger partial charge < -0.3 is 0 Å². The van der Waals surface area contributed by atoms with Crippen LogP contribution < -0.4 is 0 Å². The quantitative estimate of drug-likeness (QED) is 0.268. The first-order valence-corrected chi connectivity index (χ1v) is 12.4. The maximum atomic E-state index is 2.45. The Morgan fingerprint density at radius 2 is 1.26 bits per heavy atom. The van der Waals surface area contributed by atoms with Crippen LogP contribution in [0.2, 0.25) is 0 Å². The zero-order chi connectivity index (χ0) is 19.7. The highest BCUT2D eigenvalue weighted by Gasteiger charge is 2.08. The van der Waals surface area contributed by atoms with Crippen molar-refractivity contribution in [3.05, 3.63) is 60.7 Å². The summed E-state index contributed by atoms with van der Waals surface area (Å²) < 4.78 is 0. The predicted octanol–water partition coefficient (Wildman–Crippen LogP) is 8.67. The van der Waals surface area contributed by atoms with Crippen molar-refractivity contribution in [2.75, 3.05) is 12.3 Å². The Morgan fingerprint density at radius 1 is 0.704 bits per heavy atom. The van der Waals surface area contributed by atoms with Gasteiger partial charge in [-0.3, -0.25) is 0 Å². The number of rotatable bonds is 11. The first kappa shape index (κ1) is 23.9. The summed E-state index contributed by atoms with van der Waals surface area (Å²) in [5.74, 6) is 1.98. The maximum absolute atomic E-state index is 2.45. The van der Waals surface area contributed by atoms with E-state index < -0.39 is 0 Å². The van der Waals surface area contributed by atoms with Crippen molar-refractivity contribution in [1.82, 2.24) is 0 Å². The fraction of sp³-hybridized carbons (Fsp3) is 0.538. The fourth-order valence-electron chi connectivity index (χ4n) is 3.37. The van der Waals surface area contributed by atoms with Crippen LogP contribution in [0.5, 0.6) is 0 Å². The van der Waals surface area contributed by atoms with Crippen LogP contribution in [0.1, 0.15) is 66.2 Å². The molecule has 0 saturated carbocycles. The lowest BCUT2D eigenvalue weighted by Gasteiger charge is -2.17. The third-order valence-electron chi connectivity index (χ3n) is 5.14. The van der Waals surface area contributed by atoms with Gasteiger partial charge in [-0.15, -0.1) is 8.58 Å². The molecule has 0 fully saturated rings. The summed E-state index contributed by atoms with van der Waals surface area (Å²) in [5, 5.41) is 0. The van der Waals surface area contributed by atoms with Gasteiger partial charge in [0.1, 0.15) is 0 Å². The second kappa shape index (κ2) is 15.9. The summed E-state index contributed by atoms with van der Waals surface area (Å²) in [6.07, 6.45) is 11.4.